The Kier molecular flexibility index (Phi) is 7.67. The van der Waals surface area contributed by atoms with Crippen molar-refractivity contribution in [3.63, 3.8) is 0 Å². The number of halogens is 1. The normalized spacial score (nSPS) is 17.6. The summed E-state index contributed by atoms with van der Waals surface area (Å²) >= 11 is 6.42. The Hall–Kier alpha value is -3.28. The van der Waals surface area contributed by atoms with Gasteiger partial charge in [0.05, 0.1) is 58.0 Å². The Bertz CT molecular complexity index is 1290. The van der Waals surface area contributed by atoms with Gasteiger partial charge in [0.1, 0.15) is 0 Å². The molecule has 0 saturated carbocycles. The predicted octanol–water partition coefficient (Wildman–Crippen LogP) is 6.77. The van der Waals surface area contributed by atoms with Gasteiger partial charge < -0.3 is 10.1 Å². The van der Waals surface area contributed by atoms with Crippen molar-refractivity contribution in [2.45, 2.75) is 77.5 Å². The maximum atomic E-state index is 12.5. The SMILES string of the molecule is CC[C@@H](C#N)CC(=O)c1ccc(-c2nc(Nc3cnn(C4CC(C)(C)OC(C)(C)C4)c3)ncc2Cl)cc1. The number of rotatable bonds is 8. The van der Waals surface area contributed by atoms with Crippen LogP contribution in [-0.2, 0) is 4.74 Å². The molecule has 8 nitrogen and oxygen atoms in total. The van der Waals surface area contributed by atoms with Gasteiger partial charge in [-0.3, -0.25) is 9.48 Å². The van der Waals surface area contributed by atoms with E-state index in [1.54, 1.807) is 24.5 Å². The van der Waals surface area contributed by atoms with Crippen molar-refractivity contribution in [1.82, 2.24) is 19.7 Å². The highest BCUT2D eigenvalue weighted by Crippen LogP contribution is 2.41. The van der Waals surface area contributed by atoms with Crippen LogP contribution in [0.3, 0.4) is 0 Å². The van der Waals surface area contributed by atoms with Crippen molar-refractivity contribution in [1.29, 1.82) is 5.26 Å². The molecule has 194 valence electrons. The molecule has 1 aliphatic rings. The fraction of sp³-hybridized carbons (Fsp3) is 0.464. The van der Waals surface area contributed by atoms with Gasteiger partial charge in [0.25, 0.3) is 0 Å². The van der Waals surface area contributed by atoms with E-state index in [9.17, 15) is 4.79 Å². The number of nitrogens with one attached hydrogen (secondary N) is 1. The van der Waals surface area contributed by atoms with Crippen LogP contribution in [0.25, 0.3) is 11.3 Å². The van der Waals surface area contributed by atoms with Crippen LogP contribution in [0.1, 0.15) is 76.7 Å². The summed E-state index contributed by atoms with van der Waals surface area (Å²) in [7, 11) is 0. The minimum absolute atomic E-state index is 0.0515. The maximum Gasteiger partial charge on any atom is 0.227 e. The standard InChI is InChI=1S/C28H33ClN6O2/c1-6-18(14-30)11-24(36)19-7-9-20(10-8-19)25-23(29)16-31-26(34-25)33-21-15-32-35(17-21)22-12-27(2,3)37-28(4,5)13-22/h7-10,15-18,22H,6,11-13H2,1-5H3,(H,31,33,34)/t18-/m1/s1. The van der Waals surface area contributed by atoms with Gasteiger partial charge in [-0.05, 0) is 47.0 Å². The van der Waals surface area contributed by atoms with Crippen molar-refractivity contribution in [2.24, 2.45) is 5.92 Å². The number of aromatic nitrogens is 4. The van der Waals surface area contributed by atoms with E-state index in [0.29, 0.717) is 28.6 Å². The van der Waals surface area contributed by atoms with Gasteiger partial charge >= 0.3 is 0 Å². The smallest absolute Gasteiger partial charge is 0.227 e. The molecule has 0 radical (unpaired) electrons. The van der Waals surface area contributed by atoms with Crippen LogP contribution < -0.4 is 5.32 Å². The van der Waals surface area contributed by atoms with E-state index in [1.165, 1.54) is 0 Å². The Morgan fingerprint density at radius 2 is 1.89 bits per heavy atom. The summed E-state index contributed by atoms with van der Waals surface area (Å²) in [6.07, 6.45) is 7.88. The number of carbonyl (C=O) groups excluding carboxylic acids is 1. The second-order valence-electron chi connectivity index (χ2n) is 10.8. The number of benzene rings is 1. The van der Waals surface area contributed by atoms with Gasteiger partial charge in [0.15, 0.2) is 5.78 Å². The molecular weight excluding hydrogens is 488 g/mol. The Morgan fingerprint density at radius 3 is 2.51 bits per heavy atom. The monoisotopic (exact) mass is 520 g/mol. The number of nitrogens with zero attached hydrogens (tertiary/aromatic N) is 5. The van der Waals surface area contributed by atoms with E-state index in [1.807, 2.05) is 29.9 Å². The van der Waals surface area contributed by atoms with Crippen LogP contribution in [0, 0.1) is 17.2 Å². The minimum atomic E-state index is -0.272. The molecule has 0 aliphatic carbocycles. The number of ether oxygens (including phenoxy) is 1. The molecule has 4 rings (SSSR count). The highest BCUT2D eigenvalue weighted by molar-refractivity contribution is 6.32. The van der Waals surface area contributed by atoms with Gasteiger partial charge in [0.2, 0.25) is 5.95 Å². The molecule has 9 heteroatoms. The zero-order valence-electron chi connectivity index (χ0n) is 22.0. The number of anilines is 2. The molecule has 1 saturated heterocycles. The highest BCUT2D eigenvalue weighted by Gasteiger charge is 2.40. The fourth-order valence-corrected chi connectivity index (χ4v) is 5.22. The molecular formula is C28H33ClN6O2. The van der Waals surface area contributed by atoms with Crippen molar-refractivity contribution >= 4 is 29.0 Å². The molecule has 1 aromatic carbocycles. The van der Waals surface area contributed by atoms with E-state index in [2.05, 4.69) is 54.1 Å². The van der Waals surface area contributed by atoms with E-state index < -0.39 is 0 Å². The lowest BCUT2D eigenvalue weighted by atomic mass is 9.85. The van der Waals surface area contributed by atoms with Gasteiger partial charge in [-0.25, -0.2) is 9.97 Å². The van der Waals surface area contributed by atoms with Crippen molar-refractivity contribution < 1.29 is 9.53 Å². The topological polar surface area (TPSA) is 106 Å². The van der Waals surface area contributed by atoms with Gasteiger partial charge in [-0.1, -0.05) is 42.8 Å². The molecule has 0 unspecified atom stereocenters. The van der Waals surface area contributed by atoms with Crippen molar-refractivity contribution in [2.75, 3.05) is 5.32 Å². The van der Waals surface area contributed by atoms with Crippen LogP contribution in [-0.4, -0.2) is 36.7 Å². The highest BCUT2D eigenvalue weighted by atomic mass is 35.5. The maximum absolute atomic E-state index is 12.5. The third-order valence-electron chi connectivity index (χ3n) is 6.57. The zero-order valence-corrected chi connectivity index (χ0v) is 22.7. The summed E-state index contributed by atoms with van der Waals surface area (Å²) < 4.78 is 8.19. The van der Waals surface area contributed by atoms with Gasteiger partial charge in [-0.2, -0.15) is 10.4 Å². The second kappa shape index (κ2) is 10.6. The number of hydrogen-bond donors (Lipinski definition) is 1. The molecule has 37 heavy (non-hydrogen) atoms. The second-order valence-corrected chi connectivity index (χ2v) is 11.3. The Balaban J connectivity index is 1.49. The van der Waals surface area contributed by atoms with Crippen LogP contribution in [0.2, 0.25) is 5.02 Å². The van der Waals surface area contributed by atoms with Crippen molar-refractivity contribution in [3.8, 4) is 17.3 Å². The lowest BCUT2D eigenvalue weighted by Gasteiger charge is -2.45. The Labute approximate surface area is 223 Å². The van der Waals surface area contributed by atoms with Crippen molar-refractivity contribution in [3.05, 3.63) is 53.4 Å². The molecule has 2 aromatic heterocycles. The average Bonchev–Trinajstić information content (AvgIpc) is 3.30. The third-order valence-corrected chi connectivity index (χ3v) is 6.85. The lowest BCUT2D eigenvalue weighted by Crippen LogP contribution is -2.45. The van der Waals surface area contributed by atoms with E-state index in [0.717, 1.165) is 24.1 Å². The minimum Gasteiger partial charge on any atom is -0.370 e. The summed E-state index contributed by atoms with van der Waals surface area (Å²) in [6.45, 7) is 10.4. The molecule has 1 atom stereocenters. The number of Topliss-reactive ketones (excluding diaryl/α,β-unsaturated/α-hetero) is 1. The first-order chi connectivity index (χ1) is 17.5. The molecule has 1 fully saturated rings. The number of hydrogen-bond acceptors (Lipinski definition) is 7. The molecule has 3 aromatic rings. The molecule has 3 heterocycles. The van der Waals surface area contributed by atoms with Gasteiger partial charge in [-0.15, -0.1) is 0 Å². The largest absolute Gasteiger partial charge is 0.370 e. The first-order valence-corrected chi connectivity index (χ1v) is 12.9. The summed E-state index contributed by atoms with van der Waals surface area (Å²) in [5.74, 6) is 0.0712. The average molecular weight is 521 g/mol. The Morgan fingerprint density at radius 1 is 1.22 bits per heavy atom. The van der Waals surface area contributed by atoms with Crippen LogP contribution >= 0.6 is 11.6 Å². The van der Waals surface area contributed by atoms with E-state index in [-0.39, 0.29) is 35.4 Å². The van der Waals surface area contributed by atoms with Crippen LogP contribution in [0.15, 0.2) is 42.9 Å². The molecule has 0 bridgehead atoms. The first-order valence-electron chi connectivity index (χ1n) is 12.6. The molecule has 0 amide bonds. The van der Waals surface area contributed by atoms with Crippen LogP contribution in [0.4, 0.5) is 11.6 Å². The van der Waals surface area contributed by atoms with E-state index in [4.69, 9.17) is 21.6 Å². The first kappa shape index (κ1) is 26.8. The fourth-order valence-electron chi connectivity index (χ4n) is 5.02. The summed E-state index contributed by atoms with van der Waals surface area (Å²) in [5.41, 5.74) is 2.21. The molecule has 0 spiro atoms. The lowest BCUT2D eigenvalue weighted by molar-refractivity contribution is -0.170. The molecule has 1 N–H and O–H groups in total. The summed E-state index contributed by atoms with van der Waals surface area (Å²) in [6, 6.07) is 9.51. The number of carbonyl (C=O) groups is 1. The van der Waals surface area contributed by atoms with Crippen LogP contribution in [0.5, 0.6) is 0 Å². The summed E-state index contributed by atoms with van der Waals surface area (Å²) in [4.78, 5) is 21.4. The molecule has 1 aliphatic heterocycles. The number of nitriles is 1. The van der Waals surface area contributed by atoms with E-state index >= 15 is 0 Å². The summed E-state index contributed by atoms with van der Waals surface area (Å²) in [5, 5.41) is 17.4. The quantitative estimate of drug-likeness (QED) is 0.327. The third kappa shape index (κ3) is 6.54. The van der Waals surface area contributed by atoms with Gasteiger partial charge in [0, 0.05) is 23.7 Å². The zero-order chi connectivity index (χ0) is 26.8. The number of ketones is 1. The predicted molar refractivity (Wildman–Crippen MR) is 144 cm³/mol.